The Hall–Kier alpha value is -2.70. The molecule has 2 heterocycles. The van der Waals surface area contributed by atoms with Crippen LogP contribution >= 0.6 is 0 Å². The molecule has 0 bridgehead atoms. The number of aromatic hydroxyl groups is 1. The Labute approximate surface area is 163 Å². The van der Waals surface area contributed by atoms with E-state index in [0.717, 1.165) is 0 Å². The first-order valence-electron chi connectivity index (χ1n) is 8.74. The van der Waals surface area contributed by atoms with Crippen LogP contribution in [0.25, 0.3) is 11.0 Å². The second kappa shape index (κ2) is 8.35. The molecule has 2 aromatic rings. The zero-order chi connectivity index (χ0) is 21.3. The molecule has 11 heteroatoms. The van der Waals surface area contributed by atoms with Gasteiger partial charge in [-0.1, -0.05) is 6.92 Å². The Morgan fingerprint density at radius 3 is 2.55 bits per heavy atom. The number of aliphatic hydroxyl groups is 4. The summed E-state index contributed by atoms with van der Waals surface area (Å²) in [6.45, 7) is 0.898. The minimum Gasteiger partial charge on any atom is -0.504 e. The molecule has 11 nitrogen and oxygen atoms in total. The van der Waals surface area contributed by atoms with E-state index in [1.807, 2.05) is 0 Å². The van der Waals surface area contributed by atoms with Gasteiger partial charge in [-0.2, -0.15) is 0 Å². The monoisotopic (exact) mass is 412 g/mol. The van der Waals surface area contributed by atoms with E-state index >= 15 is 0 Å². The summed E-state index contributed by atoms with van der Waals surface area (Å²) in [4.78, 5) is 23.4. The molecule has 1 aromatic carbocycles. The summed E-state index contributed by atoms with van der Waals surface area (Å²) in [5, 5.41) is 49.1. The highest BCUT2D eigenvalue weighted by Crippen LogP contribution is 2.34. The van der Waals surface area contributed by atoms with Crippen molar-refractivity contribution in [2.24, 2.45) is 0 Å². The summed E-state index contributed by atoms with van der Waals surface area (Å²) in [5.74, 6) is -1.92. The molecular formula is C18H20O11. The Bertz CT molecular complexity index is 951. The average molecular weight is 412 g/mol. The molecule has 158 valence electrons. The molecule has 0 unspecified atom stereocenters. The number of hydrogen-bond donors (Lipinski definition) is 5. The van der Waals surface area contributed by atoms with Crippen LogP contribution < -0.4 is 15.1 Å². The van der Waals surface area contributed by atoms with E-state index in [9.17, 15) is 35.1 Å². The van der Waals surface area contributed by atoms with Crippen molar-refractivity contribution < 1.29 is 49.0 Å². The molecule has 5 N–H and O–H groups in total. The summed E-state index contributed by atoms with van der Waals surface area (Å²) in [5.41, 5.74) is -1.19. The lowest BCUT2D eigenvalue weighted by Crippen LogP contribution is -2.60. The fourth-order valence-corrected chi connectivity index (χ4v) is 2.80. The van der Waals surface area contributed by atoms with E-state index in [1.165, 1.54) is 25.1 Å². The fourth-order valence-electron chi connectivity index (χ4n) is 2.80. The third-order valence-corrected chi connectivity index (χ3v) is 4.42. The third kappa shape index (κ3) is 4.04. The number of ether oxygens (including phenoxy) is 3. The summed E-state index contributed by atoms with van der Waals surface area (Å²) < 4.78 is 20.5. The topological polar surface area (TPSA) is 176 Å². The molecule has 0 amide bonds. The standard InChI is InChI=1S/C18H20O11/c1-2-11(20)29-16-12(21)8-4-3-7(5-9(8)27-17(16)25)26-18-15(24)14(23)13(22)10(6-19)28-18/h3-5,10,13-15,18-19,21-24H,2,6H2,1H3/t10-,13-,14+,15+,18-/m1/s1. The zero-order valence-corrected chi connectivity index (χ0v) is 15.2. The zero-order valence-electron chi connectivity index (χ0n) is 15.2. The number of benzene rings is 1. The van der Waals surface area contributed by atoms with E-state index < -0.39 is 60.4 Å². The van der Waals surface area contributed by atoms with E-state index in [0.29, 0.717) is 0 Å². The van der Waals surface area contributed by atoms with Crippen molar-refractivity contribution in [2.45, 2.75) is 44.1 Å². The Morgan fingerprint density at radius 2 is 1.90 bits per heavy atom. The quantitative estimate of drug-likeness (QED) is 0.300. The molecule has 0 aliphatic carbocycles. The second-order valence-corrected chi connectivity index (χ2v) is 6.37. The van der Waals surface area contributed by atoms with Gasteiger partial charge in [0.2, 0.25) is 6.29 Å². The number of fused-ring (bicyclic) bond motifs is 1. The van der Waals surface area contributed by atoms with Gasteiger partial charge in [-0.3, -0.25) is 4.79 Å². The van der Waals surface area contributed by atoms with Gasteiger partial charge in [-0.25, -0.2) is 4.79 Å². The SMILES string of the molecule is CCC(=O)Oc1c(O)c2ccc(O[C@@H]3O[C@H](CO)[C@@H](O)[C@H](O)[C@@H]3O)cc2oc1=O. The van der Waals surface area contributed by atoms with E-state index in [2.05, 4.69) is 0 Å². The minimum absolute atomic E-state index is 0.0111. The fraction of sp³-hybridized carbons (Fsp3) is 0.444. The molecule has 3 rings (SSSR count). The molecule has 1 aliphatic rings. The van der Waals surface area contributed by atoms with Crippen molar-refractivity contribution in [2.75, 3.05) is 6.61 Å². The van der Waals surface area contributed by atoms with E-state index in [4.69, 9.17) is 18.6 Å². The van der Waals surface area contributed by atoms with Crippen LogP contribution in [-0.2, 0) is 9.53 Å². The van der Waals surface area contributed by atoms with Crippen LogP contribution in [-0.4, -0.2) is 68.8 Å². The molecule has 1 saturated heterocycles. The van der Waals surface area contributed by atoms with Gasteiger partial charge in [0.25, 0.3) is 5.75 Å². The molecular weight excluding hydrogens is 392 g/mol. The molecule has 5 atom stereocenters. The van der Waals surface area contributed by atoms with E-state index in [-0.39, 0.29) is 23.1 Å². The maximum atomic E-state index is 12.0. The van der Waals surface area contributed by atoms with Gasteiger partial charge in [-0.15, -0.1) is 0 Å². The minimum atomic E-state index is -1.63. The summed E-state index contributed by atoms with van der Waals surface area (Å²) in [6.07, 6.45) is -7.39. The lowest BCUT2D eigenvalue weighted by Gasteiger charge is -2.39. The highest BCUT2D eigenvalue weighted by molar-refractivity contribution is 5.87. The van der Waals surface area contributed by atoms with Crippen LogP contribution in [0.1, 0.15) is 13.3 Å². The predicted molar refractivity (Wildman–Crippen MR) is 94.5 cm³/mol. The van der Waals surface area contributed by atoms with Crippen LogP contribution in [0.15, 0.2) is 27.4 Å². The van der Waals surface area contributed by atoms with Crippen LogP contribution in [0.5, 0.6) is 17.2 Å². The van der Waals surface area contributed by atoms with Crippen LogP contribution in [0.4, 0.5) is 0 Å². The largest absolute Gasteiger partial charge is 0.504 e. The van der Waals surface area contributed by atoms with Crippen LogP contribution in [0, 0.1) is 0 Å². The Balaban J connectivity index is 1.89. The normalized spacial score (nSPS) is 27.0. The van der Waals surface area contributed by atoms with Gasteiger partial charge in [0.05, 0.1) is 12.0 Å². The van der Waals surface area contributed by atoms with Crippen molar-refractivity contribution in [3.63, 3.8) is 0 Å². The number of carbonyl (C=O) groups is 1. The summed E-state index contributed by atoms with van der Waals surface area (Å²) >= 11 is 0. The number of hydrogen-bond acceptors (Lipinski definition) is 11. The van der Waals surface area contributed by atoms with Crippen molar-refractivity contribution in [3.8, 4) is 17.2 Å². The maximum absolute atomic E-state index is 12.0. The van der Waals surface area contributed by atoms with Gasteiger partial charge < -0.3 is 44.2 Å². The highest BCUT2D eigenvalue weighted by Gasteiger charge is 2.44. The van der Waals surface area contributed by atoms with Gasteiger partial charge in [0.15, 0.2) is 5.75 Å². The van der Waals surface area contributed by atoms with Gasteiger partial charge in [0.1, 0.15) is 35.7 Å². The third-order valence-electron chi connectivity index (χ3n) is 4.42. The first-order chi connectivity index (χ1) is 13.8. The molecule has 0 spiro atoms. The molecule has 0 saturated carbocycles. The van der Waals surface area contributed by atoms with Crippen molar-refractivity contribution >= 4 is 16.9 Å². The average Bonchev–Trinajstić information content (AvgIpc) is 2.71. The summed E-state index contributed by atoms with van der Waals surface area (Å²) in [6, 6.07) is 3.87. The molecule has 0 radical (unpaired) electrons. The number of esters is 1. The molecule has 29 heavy (non-hydrogen) atoms. The van der Waals surface area contributed by atoms with Crippen LogP contribution in [0.3, 0.4) is 0 Å². The van der Waals surface area contributed by atoms with Gasteiger partial charge in [-0.05, 0) is 12.1 Å². The van der Waals surface area contributed by atoms with Gasteiger partial charge in [0, 0.05) is 12.5 Å². The van der Waals surface area contributed by atoms with Gasteiger partial charge >= 0.3 is 11.6 Å². The molecule has 1 fully saturated rings. The van der Waals surface area contributed by atoms with Crippen molar-refractivity contribution in [1.82, 2.24) is 0 Å². The first kappa shape index (κ1) is 21.0. The van der Waals surface area contributed by atoms with Crippen LogP contribution in [0.2, 0.25) is 0 Å². The predicted octanol–water partition coefficient (Wildman–Crippen LogP) is -1.01. The lowest BCUT2D eigenvalue weighted by atomic mass is 9.99. The maximum Gasteiger partial charge on any atom is 0.383 e. The number of aliphatic hydroxyl groups excluding tert-OH is 4. The smallest absolute Gasteiger partial charge is 0.383 e. The molecule has 1 aliphatic heterocycles. The number of rotatable bonds is 5. The second-order valence-electron chi connectivity index (χ2n) is 6.37. The Kier molecular flexibility index (Phi) is 6.05. The first-order valence-corrected chi connectivity index (χ1v) is 8.74. The van der Waals surface area contributed by atoms with Crippen molar-refractivity contribution in [1.29, 1.82) is 0 Å². The molecule has 1 aromatic heterocycles. The Morgan fingerprint density at radius 1 is 1.17 bits per heavy atom. The lowest BCUT2D eigenvalue weighted by molar-refractivity contribution is -0.277. The number of carbonyl (C=O) groups excluding carboxylic acids is 1. The summed E-state index contributed by atoms with van der Waals surface area (Å²) in [7, 11) is 0. The van der Waals surface area contributed by atoms with Crippen molar-refractivity contribution in [3.05, 3.63) is 28.6 Å². The van der Waals surface area contributed by atoms with E-state index in [1.54, 1.807) is 0 Å². The highest BCUT2D eigenvalue weighted by atomic mass is 16.7.